The number of aryl methyl sites for hydroxylation is 1. The maximum atomic E-state index is 12.9. The molecule has 0 saturated heterocycles. The highest BCUT2D eigenvalue weighted by atomic mass is 32.1. The number of benzene rings is 1. The van der Waals surface area contributed by atoms with Crippen molar-refractivity contribution in [2.75, 3.05) is 19.0 Å². The summed E-state index contributed by atoms with van der Waals surface area (Å²) in [4.78, 5) is 38.0. The second-order valence-electron chi connectivity index (χ2n) is 6.41. The molecule has 0 atom stereocenters. The monoisotopic (exact) mass is 401 g/mol. The van der Waals surface area contributed by atoms with Crippen LogP contribution in [0.3, 0.4) is 0 Å². The van der Waals surface area contributed by atoms with Gasteiger partial charge < -0.3 is 10.1 Å². The number of ether oxygens (including phenoxy) is 1. The van der Waals surface area contributed by atoms with Crippen LogP contribution in [-0.4, -0.2) is 28.8 Å². The van der Waals surface area contributed by atoms with E-state index >= 15 is 0 Å². The van der Waals surface area contributed by atoms with E-state index in [4.69, 9.17) is 4.74 Å². The first-order valence-electron chi connectivity index (χ1n) is 9.13. The Labute approximate surface area is 166 Å². The Bertz CT molecular complexity index is 1080. The van der Waals surface area contributed by atoms with E-state index in [0.717, 1.165) is 6.42 Å². The van der Waals surface area contributed by atoms with E-state index in [2.05, 4.69) is 12.2 Å². The molecule has 1 N–H and O–H groups in total. The fraction of sp³-hybridized carbons (Fsp3) is 0.350. The van der Waals surface area contributed by atoms with Crippen molar-refractivity contribution in [1.29, 1.82) is 0 Å². The van der Waals surface area contributed by atoms with Crippen LogP contribution in [0.4, 0.5) is 5.69 Å². The highest BCUT2D eigenvalue weighted by Crippen LogP contribution is 2.16. The SMILES string of the molecule is CCc1ccc(NC(=O)Cn2c(=O)n(CCCOC)c(=O)c3sccc32)cc1. The summed E-state index contributed by atoms with van der Waals surface area (Å²) in [5, 5.41) is 4.56. The number of aromatic nitrogens is 2. The summed E-state index contributed by atoms with van der Waals surface area (Å²) in [5.74, 6) is -0.319. The zero-order valence-corrected chi connectivity index (χ0v) is 16.8. The molecule has 8 heteroatoms. The van der Waals surface area contributed by atoms with Gasteiger partial charge >= 0.3 is 5.69 Å². The first-order chi connectivity index (χ1) is 13.5. The van der Waals surface area contributed by atoms with E-state index in [1.54, 1.807) is 18.6 Å². The molecule has 3 aromatic rings. The van der Waals surface area contributed by atoms with Crippen molar-refractivity contribution in [3.63, 3.8) is 0 Å². The molecule has 1 amide bonds. The second-order valence-corrected chi connectivity index (χ2v) is 7.32. The standard InChI is InChI=1S/C20H23N3O4S/c1-3-14-5-7-15(8-6-14)21-17(24)13-23-16-9-12-28-18(16)19(25)22(20(23)26)10-4-11-27-2/h5-9,12H,3-4,10-11,13H2,1-2H3,(H,21,24). The minimum Gasteiger partial charge on any atom is -0.385 e. The Balaban J connectivity index is 1.88. The van der Waals surface area contributed by atoms with Gasteiger partial charge in [-0.3, -0.25) is 18.7 Å². The van der Waals surface area contributed by atoms with Crippen LogP contribution >= 0.6 is 11.3 Å². The van der Waals surface area contributed by atoms with Gasteiger partial charge in [0.2, 0.25) is 5.91 Å². The number of amides is 1. The van der Waals surface area contributed by atoms with Gasteiger partial charge in [-0.2, -0.15) is 0 Å². The van der Waals surface area contributed by atoms with Crippen molar-refractivity contribution in [2.24, 2.45) is 0 Å². The van der Waals surface area contributed by atoms with Crippen LogP contribution < -0.4 is 16.6 Å². The predicted octanol–water partition coefficient (Wildman–Crippen LogP) is 2.46. The van der Waals surface area contributed by atoms with E-state index in [-0.39, 0.29) is 24.6 Å². The molecular weight excluding hydrogens is 378 g/mol. The second kappa shape index (κ2) is 8.99. The lowest BCUT2D eigenvalue weighted by molar-refractivity contribution is -0.116. The van der Waals surface area contributed by atoms with Crippen molar-refractivity contribution in [3.05, 3.63) is 62.1 Å². The average molecular weight is 401 g/mol. The van der Waals surface area contributed by atoms with Crippen LogP contribution in [-0.2, 0) is 29.0 Å². The van der Waals surface area contributed by atoms with Gasteiger partial charge in [-0.1, -0.05) is 19.1 Å². The van der Waals surface area contributed by atoms with E-state index < -0.39 is 5.69 Å². The lowest BCUT2D eigenvalue weighted by Gasteiger charge is -2.12. The van der Waals surface area contributed by atoms with Gasteiger partial charge in [0.15, 0.2) is 0 Å². The molecule has 2 heterocycles. The molecule has 0 radical (unpaired) electrons. The quantitative estimate of drug-likeness (QED) is 0.588. The normalized spacial score (nSPS) is 11.1. The molecule has 0 unspecified atom stereocenters. The third-order valence-corrected chi connectivity index (χ3v) is 5.41. The van der Waals surface area contributed by atoms with Gasteiger partial charge in [0.1, 0.15) is 11.2 Å². The largest absolute Gasteiger partial charge is 0.385 e. The molecule has 0 saturated carbocycles. The number of hydrogen-bond acceptors (Lipinski definition) is 5. The number of thiophene rings is 1. The summed E-state index contributed by atoms with van der Waals surface area (Å²) in [6.07, 6.45) is 1.46. The van der Waals surface area contributed by atoms with E-state index in [9.17, 15) is 14.4 Å². The van der Waals surface area contributed by atoms with Crippen molar-refractivity contribution in [3.8, 4) is 0 Å². The first-order valence-corrected chi connectivity index (χ1v) is 10.0. The summed E-state index contributed by atoms with van der Waals surface area (Å²) in [7, 11) is 1.57. The van der Waals surface area contributed by atoms with Crippen LogP contribution in [0, 0.1) is 0 Å². The Morgan fingerprint density at radius 3 is 2.57 bits per heavy atom. The van der Waals surface area contributed by atoms with Gasteiger partial charge in [-0.25, -0.2) is 4.79 Å². The molecule has 0 aliphatic heterocycles. The van der Waals surface area contributed by atoms with Crippen LogP contribution in [0.1, 0.15) is 18.9 Å². The number of rotatable bonds is 8. The molecule has 28 heavy (non-hydrogen) atoms. The number of anilines is 1. The maximum absolute atomic E-state index is 12.9. The summed E-state index contributed by atoms with van der Waals surface area (Å²) >= 11 is 1.27. The summed E-state index contributed by atoms with van der Waals surface area (Å²) < 4.78 is 8.02. The minimum atomic E-state index is -0.483. The average Bonchev–Trinajstić information content (AvgIpc) is 3.18. The maximum Gasteiger partial charge on any atom is 0.332 e. The van der Waals surface area contributed by atoms with E-state index in [1.807, 2.05) is 24.3 Å². The highest BCUT2D eigenvalue weighted by molar-refractivity contribution is 7.17. The van der Waals surface area contributed by atoms with Crippen molar-refractivity contribution in [1.82, 2.24) is 9.13 Å². The Morgan fingerprint density at radius 2 is 1.89 bits per heavy atom. The van der Waals surface area contributed by atoms with Gasteiger partial charge in [-0.15, -0.1) is 11.3 Å². The predicted molar refractivity (Wildman–Crippen MR) is 111 cm³/mol. The number of carbonyl (C=O) groups is 1. The van der Waals surface area contributed by atoms with Gasteiger partial charge in [0.25, 0.3) is 5.56 Å². The molecular formula is C20H23N3O4S. The molecule has 0 fully saturated rings. The molecule has 3 rings (SSSR count). The highest BCUT2D eigenvalue weighted by Gasteiger charge is 2.16. The van der Waals surface area contributed by atoms with Crippen molar-refractivity contribution in [2.45, 2.75) is 32.9 Å². The van der Waals surface area contributed by atoms with E-state index in [1.165, 1.54) is 26.0 Å². The zero-order valence-electron chi connectivity index (χ0n) is 15.9. The zero-order chi connectivity index (χ0) is 20.1. The minimum absolute atomic E-state index is 0.161. The molecule has 148 valence electrons. The number of carbonyl (C=O) groups excluding carboxylic acids is 1. The molecule has 0 aliphatic rings. The Hall–Kier alpha value is -2.71. The van der Waals surface area contributed by atoms with Gasteiger partial charge in [0, 0.05) is 25.9 Å². The topological polar surface area (TPSA) is 82.3 Å². The molecule has 0 spiro atoms. The molecule has 1 aromatic carbocycles. The molecule has 0 bridgehead atoms. The summed E-state index contributed by atoms with van der Waals surface area (Å²) in [5.41, 5.74) is 1.53. The fourth-order valence-corrected chi connectivity index (χ4v) is 3.86. The van der Waals surface area contributed by atoms with E-state index in [0.29, 0.717) is 28.9 Å². The molecule has 0 aliphatic carbocycles. The third kappa shape index (κ3) is 4.23. The Morgan fingerprint density at radius 1 is 1.14 bits per heavy atom. The van der Waals surface area contributed by atoms with Crippen LogP contribution in [0.2, 0.25) is 0 Å². The van der Waals surface area contributed by atoms with Crippen LogP contribution in [0.15, 0.2) is 45.3 Å². The smallest absolute Gasteiger partial charge is 0.332 e. The van der Waals surface area contributed by atoms with Crippen molar-refractivity contribution < 1.29 is 9.53 Å². The Kier molecular flexibility index (Phi) is 6.43. The number of methoxy groups -OCH3 is 1. The number of nitrogens with zero attached hydrogens (tertiary/aromatic N) is 2. The van der Waals surface area contributed by atoms with Gasteiger partial charge in [0.05, 0.1) is 5.52 Å². The molecule has 2 aromatic heterocycles. The first kappa shape index (κ1) is 20.0. The fourth-order valence-electron chi connectivity index (χ4n) is 3.02. The number of nitrogens with one attached hydrogen (secondary N) is 1. The molecule has 7 nitrogen and oxygen atoms in total. The van der Waals surface area contributed by atoms with Crippen molar-refractivity contribution >= 4 is 33.1 Å². The third-order valence-electron chi connectivity index (χ3n) is 4.51. The number of fused-ring (bicyclic) bond motifs is 1. The van der Waals surface area contributed by atoms with Crippen LogP contribution in [0.25, 0.3) is 10.2 Å². The van der Waals surface area contributed by atoms with Crippen LogP contribution in [0.5, 0.6) is 0 Å². The summed E-state index contributed by atoms with van der Waals surface area (Å²) in [6, 6.07) is 9.28. The lowest BCUT2D eigenvalue weighted by atomic mass is 10.1. The number of hydrogen-bond donors (Lipinski definition) is 1. The lowest BCUT2D eigenvalue weighted by Crippen LogP contribution is -2.41. The summed E-state index contributed by atoms with van der Waals surface area (Å²) in [6.45, 7) is 2.60. The van der Waals surface area contributed by atoms with Gasteiger partial charge in [-0.05, 0) is 42.0 Å².